The van der Waals surface area contributed by atoms with Gasteiger partial charge < -0.3 is 19.0 Å². The standard InChI is InChI=1S/C26H30N4O2.CH2O/c1-18-21(10-5-12-28-18)23-9-4-3-8-22(23)19(2)30-17-27-15-24(30)26(31)29-13-11-20-7-6-14-32-25(20)16-29;1-2/h3-5,8-10,12,15,17,19-20,25H,6-7,11,13-14,16H2,1-2H3;1H2/t19-,20?,25+;/m0./s1. The number of piperidine rings is 1. The molecule has 178 valence electrons. The van der Waals surface area contributed by atoms with Crippen molar-refractivity contribution >= 4 is 12.7 Å². The number of carbonyl (C=O) groups is 2. The minimum Gasteiger partial charge on any atom is -0.376 e. The van der Waals surface area contributed by atoms with Crippen LogP contribution < -0.4 is 0 Å². The van der Waals surface area contributed by atoms with Crippen LogP contribution in [0.2, 0.25) is 0 Å². The van der Waals surface area contributed by atoms with Gasteiger partial charge in [0.1, 0.15) is 12.5 Å². The van der Waals surface area contributed by atoms with Crippen LogP contribution >= 0.6 is 0 Å². The molecule has 5 rings (SSSR count). The van der Waals surface area contributed by atoms with Gasteiger partial charge in [0.05, 0.1) is 24.7 Å². The van der Waals surface area contributed by atoms with E-state index in [2.05, 4.69) is 35.1 Å². The number of fused-ring (bicyclic) bond motifs is 1. The van der Waals surface area contributed by atoms with Crippen LogP contribution in [-0.2, 0) is 9.53 Å². The van der Waals surface area contributed by atoms with Crippen molar-refractivity contribution in [3.63, 3.8) is 0 Å². The van der Waals surface area contributed by atoms with Gasteiger partial charge in [-0.25, -0.2) is 4.98 Å². The van der Waals surface area contributed by atoms with E-state index in [-0.39, 0.29) is 18.1 Å². The lowest BCUT2D eigenvalue weighted by Crippen LogP contribution is -2.49. The zero-order valence-corrected chi connectivity index (χ0v) is 19.9. The number of nitrogens with zero attached hydrogens (tertiary/aromatic N) is 4. The first-order valence-electron chi connectivity index (χ1n) is 11.9. The predicted molar refractivity (Wildman–Crippen MR) is 131 cm³/mol. The van der Waals surface area contributed by atoms with Crippen LogP contribution in [0.3, 0.4) is 0 Å². The number of rotatable bonds is 4. The number of benzene rings is 1. The first-order valence-corrected chi connectivity index (χ1v) is 11.9. The smallest absolute Gasteiger partial charge is 0.272 e. The fraction of sp³-hybridized carbons (Fsp3) is 0.407. The first-order chi connectivity index (χ1) is 16.6. The number of pyridine rings is 1. The maximum absolute atomic E-state index is 13.5. The Hall–Kier alpha value is -3.32. The molecule has 2 aromatic heterocycles. The normalized spacial score (nSPS) is 20.6. The Morgan fingerprint density at radius 3 is 2.76 bits per heavy atom. The summed E-state index contributed by atoms with van der Waals surface area (Å²) in [6, 6.07) is 12.4. The molecule has 0 N–H and O–H groups in total. The summed E-state index contributed by atoms with van der Waals surface area (Å²) < 4.78 is 7.98. The Balaban J connectivity index is 0.00000133. The third-order valence-electron chi connectivity index (χ3n) is 7.04. The van der Waals surface area contributed by atoms with E-state index >= 15 is 0 Å². The van der Waals surface area contributed by atoms with Gasteiger partial charge in [-0.2, -0.15) is 0 Å². The molecule has 0 aliphatic carbocycles. The molecule has 3 atom stereocenters. The Morgan fingerprint density at radius 1 is 1.15 bits per heavy atom. The predicted octanol–water partition coefficient (Wildman–Crippen LogP) is 4.32. The van der Waals surface area contributed by atoms with Crippen molar-refractivity contribution in [1.82, 2.24) is 19.4 Å². The number of carbonyl (C=O) groups excluding carboxylic acids is 2. The van der Waals surface area contributed by atoms with E-state index in [1.807, 2.05) is 47.6 Å². The van der Waals surface area contributed by atoms with Crippen molar-refractivity contribution in [3.05, 3.63) is 72.1 Å². The number of imidazole rings is 1. The second-order valence-electron chi connectivity index (χ2n) is 8.94. The number of aromatic nitrogens is 3. The van der Waals surface area contributed by atoms with E-state index < -0.39 is 0 Å². The molecule has 7 nitrogen and oxygen atoms in total. The number of ether oxygens (including phenoxy) is 1. The van der Waals surface area contributed by atoms with Crippen LogP contribution in [0, 0.1) is 12.8 Å². The highest BCUT2D eigenvalue weighted by Gasteiger charge is 2.35. The Bertz CT molecular complexity index is 1130. The van der Waals surface area contributed by atoms with E-state index in [4.69, 9.17) is 9.53 Å². The maximum atomic E-state index is 13.5. The highest BCUT2D eigenvalue weighted by Crippen LogP contribution is 2.33. The van der Waals surface area contributed by atoms with Crippen molar-refractivity contribution in [2.45, 2.75) is 45.3 Å². The van der Waals surface area contributed by atoms with Gasteiger partial charge in [0.15, 0.2) is 0 Å². The molecule has 0 bridgehead atoms. The Morgan fingerprint density at radius 2 is 1.94 bits per heavy atom. The molecule has 2 aliphatic heterocycles. The summed E-state index contributed by atoms with van der Waals surface area (Å²) in [5.74, 6) is 0.628. The molecule has 4 heterocycles. The third-order valence-corrected chi connectivity index (χ3v) is 7.04. The third kappa shape index (κ3) is 4.66. The summed E-state index contributed by atoms with van der Waals surface area (Å²) >= 11 is 0. The molecule has 1 unspecified atom stereocenters. The minimum atomic E-state index is -0.0456. The summed E-state index contributed by atoms with van der Waals surface area (Å²) in [5.41, 5.74) is 5.01. The van der Waals surface area contributed by atoms with Crippen molar-refractivity contribution in [2.75, 3.05) is 19.7 Å². The lowest BCUT2D eigenvalue weighted by molar-refractivity contribution is -0.0980. The van der Waals surface area contributed by atoms with E-state index in [1.54, 1.807) is 12.5 Å². The van der Waals surface area contributed by atoms with E-state index in [1.165, 1.54) is 6.42 Å². The number of hydrogen-bond acceptors (Lipinski definition) is 5. The van der Waals surface area contributed by atoms with Gasteiger partial charge in [-0.1, -0.05) is 30.3 Å². The lowest BCUT2D eigenvalue weighted by Gasteiger charge is -2.41. The minimum absolute atomic E-state index is 0.0389. The van der Waals surface area contributed by atoms with Crippen LogP contribution in [-0.4, -0.2) is 57.9 Å². The number of likely N-dealkylation sites (tertiary alicyclic amines) is 1. The first kappa shape index (κ1) is 23.8. The fourth-order valence-corrected chi connectivity index (χ4v) is 5.22. The lowest BCUT2D eigenvalue weighted by atomic mass is 9.87. The van der Waals surface area contributed by atoms with E-state index in [0.717, 1.165) is 48.4 Å². The molecule has 1 amide bonds. The number of hydrogen-bond donors (Lipinski definition) is 0. The molecular formula is C27H32N4O3. The Labute approximate surface area is 200 Å². The second-order valence-corrected chi connectivity index (χ2v) is 8.94. The van der Waals surface area contributed by atoms with Crippen LogP contribution in [0.15, 0.2) is 55.1 Å². The molecule has 3 aromatic rings. The van der Waals surface area contributed by atoms with E-state index in [0.29, 0.717) is 18.2 Å². The number of amides is 1. The van der Waals surface area contributed by atoms with Crippen LogP contribution in [0.1, 0.15) is 54.0 Å². The van der Waals surface area contributed by atoms with Gasteiger partial charge in [-0.05, 0) is 56.2 Å². The SMILES string of the molecule is C=O.Cc1ncccc1-c1ccccc1[C@H](C)n1cncc1C(=O)N1CCC2CCCO[C@@H]2C1. The quantitative estimate of drug-likeness (QED) is 0.580. The molecule has 2 saturated heterocycles. The van der Waals surface area contributed by atoms with Crippen molar-refractivity contribution < 1.29 is 14.3 Å². The van der Waals surface area contributed by atoms with Gasteiger partial charge >= 0.3 is 0 Å². The van der Waals surface area contributed by atoms with Crippen LogP contribution in [0.5, 0.6) is 0 Å². The van der Waals surface area contributed by atoms with Gasteiger partial charge in [-0.3, -0.25) is 9.78 Å². The average Bonchev–Trinajstić information content (AvgIpc) is 3.39. The molecular weight excluding hydrogens is 428 g/mol. The molecule has 0 spiro atoms. The van der Waals surface area contributed by atoms with Gasteiger partial charge in [-0.15, -0.1) is 0 Å². The van der Waals surface area contributed by atoms with Crippen LogP contribution in [0.4, 0.5) is 0 Å². The van der Waals surface area contributed by atoms with Crippen molar-refractivity contribution in [3.8, 4) is 11.1 Å². The van der Waals surface area contributed by atoms with E-state index in [9.17, 15) is 4.79 Å². The summed E-state index contributed by atoms with van der Waals surface area (Å²) in [5, 5.41) is 0. The molecule has 2 aliphatic rings. The fourth-order valence-electron chi connectivity index (χ4n) is 5.22. The topological polar surface area (TPSA) is 77.3 Å². The highest BCUT2D eigenvalue weighted by atomic mass is 16.5. The number of aryl methyl sites for hydroxylation is 1. The Kier molecular flexibility index (Phi) is 7.53. The zero-order valence-electron chi connectivity index (χ0n) is 19.9. The highest BCUT2D eigenvalue weighted by molar-refractivity contribution is 5.92. The molecule has 0 saturated carbocycles. The molecule has 34 heavy (non-hydrogen) atoms. The van der Waals surface area contributed by atoms with Gasteiger partial charge in [0.25, 0.3) is 5.91 Å². The maximum Gasteiger partial charge on any atom is 0.272 e. The summed E-state index contributed by atoms with van der Waals surface area (Å²) in [4.78, 5) is 32.3. The van der Waals surface area contributed by atoms with Crippen LogP contribution in [0.25, 0.3) is 11.1 Å². The van der Waals surface area contributed by atoms with Gasteiger partial charge in [0.2, 0.25) is 0 Å². The van der Waals surface area contributed by atoms with Gasteiger partial charge in [0, 0.05) is 37.2 Å². The molecule has 2 fully saturated rings. The summed E-state index contributed by atoms with van der Waals surface area (Å²) in [7, 11) is 0. The second kappa shape index (κ2) is 10.7. The zero-order chi connectivity index (χ0) is 24.1. The van der Waals surface area contributed by atoms with Crippen molar-refractivity contribution in [2.24, 2.45) is 5.92 Å². The van der Waals surface area contributed by atoms with Crippen molar-refractivity contribution in [1.29, 1.82) is 0 Å². The summed E-state index contributed by atoms with van der Waals surface area (Å²) in [6.45, 7) is 8.42. The monoisotopic (exact) mass is 460 g/mol. The average molecular weight is 461 g/mol. The molecule has 7 heteroatoms. The molecule has 0 radical (unpaired) electrons. The largest absolute Gasteiger partial charge is 0.376 e. The summed E-state index contributed by atoms with van der Waals surface area (Å²) in [6.07, 6.45) is 8.82. The molecule has 1 aromatic carbocycles.